The summed E-state index contributed by atoms with van der Waals surface area (Å²) in [6, 6.07) is 8.07. The van der Waals surface area contributed by atoms with E-state index in [1.807, 2.05) is 26.0 Å². The van der Waals surface area contributed by atoms with Crippen LogP contribution in [-0.2, 0) is 0 Å². The molecule has 0 amide bonds. The minimum Gasteiger partial charge on any atom is -0.323 e. The van der Waals surface area contributed by atoms with Gasteiger partial charge in [-0.2, -0.15) is 0 Å². The smallest absolute Gasteiger partial charge is 0.188 e. The quantitative estimate of drug-likeness (QED) is 0.689. The fraction of sp³-hybridized carbons (Fsp3) is 0.286. The van der Waals surface area contributed by atoms with E-state index < -0.39 is 0 Å². The Labute approximate surface area is 116 Å². The number of thioether (sulfide) groups is 1. The summed E-state index contributed by atoms with van der Waals surface area (Å²) >= 11 is 1.49. The molecule has 2 N–H and O–H groups in total. The summed E-state index contributed by atoms with van der Waals surface area (Å²) in [5.41, 5.74) is 8.71. The first-order valence-electron chi connectivity index (χ1n) is 6.01. The third-order valence-electron chi connectivity index (χ3n) is 2.63. The van der Waals surface area contributed by atoms with Gasteiger partial charge in [-0.05, 0) is 37.6 Å². The lowest BCUT2D eigenvalue weighted by Gasteiger charge is -2.11. The normalized spacial score (nSPS) is 12.4. The molecule has 100 valence electrons. The fourth-order valence-corrected chi connectivity index (χ4v) is 2.69. The highest BCUT2D eigenvalue weighted by Crippen LogP contribution is 2.21. The van der Waals surface area contributed by atoms with Gasteiger partial charge in [0.25, 0.3) is 0 Å². The molecular weight excluding hydrogens is 261 g/mol. The molecule has 19 heavy (non-hydrogen) atoms. The first kappa shape index (κ1) is 14.0. The molecule has 0 bridgehead atoms. The number of hydrogen-bond donors (Lipinski definition) is 1. The van der Waals surface area contributed by atoms with Gasteiger partial charge in [-0.1, -0.05) is 23.9 Å². The molecule has 1 unspecified atom stereocenters. The van der Waals surface area contributed by atoms with Crippen LogP contribution in [0.3, 0.4) is 0 Å². The minimum absolute atomic E-state index is 0.231. The number of benzene rings is 1. The number of nitrogens with two attached hydrogens (primary N) is 1. The van der Waals surface area contributed by atoms with Crippen molar-refractivity contribution in [2.45, 2.75) is 25.0 Å². The number of hydrogen-bond acceptors (Lipinski definition) is 4. The topological polar surface area (TPSA) is 51.8 Å². The average Bonchev–Trinajstić information content (AvgIpc) is 2.35. The molecule has 0 aliphatic carbocycles. The molecule has 0 saturated heterocycles. The molecule has 0 saturated carbocycles. The molecule has 1 atom stereocenters. The van der Waals surface area contributed by atoms with Crippen LogP contribution in [0.4, 0.5) is 4.39 Å². The second kappa shape index (κ2) is 6.12. The van der Waals surface area contributed by atoms with Gasteiger partial charge in [-0.3, -0.25) is 0 Å². The van der Waals surface area contributed by atoms with Crippen LogP contribution >= 0.6 is 11.8 Å². The Bertz CT molecular complexity index is 554. The molecule has 1 heterocycles. The predicted molar refractivity (Wildman–Crippen MR) is 75.6 cm³/mol. The molecule has 5 heteroatoms. The highest BCUT2D eigenvalue weighted by molar-refractivity contribution is 7.99. The van der Waals surface area contributed by atoms with Gasteiger partial charge >= 0.3 is 0 Å². The van der Waals surface area contributed by atoms with Gasteiger partial charge in [0, 0.05) is 23.2 Å². The standard InChI is InChI=1S/C14H16FN3S/c1-9-6-10(2)18-14(17-9)19-8-13(16)11-4-3-5-12(15)7-11/h3-7,13H,8,16H2,1-2H3. The lowest BCUT2D eigenvalue weighted by Crippen LogP contribution is -2.13. The van der Waals surface area contributed by atoms with Gasteiger partial charge < -0.3 is 5.73 Å². The zero-order valence-electron chi connectivity index (χ0n) is 10.9. The lowest BCUT2D eigenvalue weighted by atomic mass is 10.1. The maximum absolute atomic E-state index is 13.1. The molecule has 2 rings (SSSR count). The molecule has 0 fully saturated rings. The zero-order valence-corrected chi connectivity index (χ0v) is 11.7. The van der Waals surface area contributed by atoms with Crippen molar-refractivity contribution in [3.63, 3.8) is 0 Å². The van der Waals surface area contributed by atoms with E-state index in [1.54, 1.807) is 6.07 Å². The van der Waals surface area contributed by atoms with E-state index in [9.17, 15) is 4.39 Å². The molecule has 1 aromatic carbocycles. The van der Waals surface area contributed by atoms with Crippen molar-refractivity contribution in [2.75, 3.05) is 5.75 Å². The number of rotatable bonds is 4. The van der Waals surface area contributed by atoms with E-state index in [2.05, 4.69) is 9.97 Å². The Balaban J connectivity index is 2.02. The average molecular weight is 277 g/mol. The summed E-state index contributed by atoms with van der Waals surface area (Å²) in [5, 5.41) is 0.712. The van der Waals surface area contributed by atoms with Crippen molar-refractivity contribution in [3.8, 4) is 0 Å². The minimum atomic E-state index is -0.263. The van der Waals surface area contributed by atoms with E-state index >= 15 is 0 Å². The monoisotopic (exact) mass is 277 g/mol. The molecule has 0 spiro atoms. The Morgan fingerprint density at radius 3 is 2.53 bits per heavy atom. The molecule has 0 radical (unpaired) electrons. The van der Waals surface area contributed by atoms with Gasteiger partial charge in [0.05, 0.1) is 0 Å². The Morgan fingerprint density at radius 1 is 1.21 bits per heavy atom. The van der Waals surface area contributed by atoms with Crippen LogP contribution in [0.25, 0.3) is 0 Å². The van der Waals surface area contributed by atoms with Crippen LogP contribution < -0.4 is 5.73 Å². The van der Waals surface area contributed by atoms with Crippen molar-refractivity contribution >= 4 is 11.8 Å². The number of halogens is 1. The Morgan fingerprint density at radius 2 is 1.89 bits per heavy atom. The van der Waals surface area contributed by atoms with Crippen molar-refractivity contribution < 1.29 is 4.39 Å². The summed E-state index contributed by atoms with van der Waals surface area (Å²) in [7, 11) is 0. The summed E-state index contributed by atoms with van der Waals surface area (Å²) in [4.78, 5) is 8.68. The van der Waals surface area contributed by atoms with Crippen molar-refractivity contribution in [1.82, 2.24) is 9.97 Å². The van der Waals surface area contributed by atoms with Gasteiger partial charge in [-0.25, -0.2) is 14.4 Å². The van der Waals surface area contributed by atoms with Crippen LogP contribution in [0.5, 0.6) is 0 Å². The molecule has 2 aromatic rings. The fourth-order valence-electron chi connectivity index (χ4n) is 1.76. The SMILES string of the molecule is Cc1cc(C)nc(SCC(N)c2cccc(F)c2)n1. The molecular formula is C14H16FN3S. The molecule has 3 nitrogen and oxygen atoms in total. The van der Waals surface area contributed by atoms with Crippen LogP contribution in [0.2, 0.25) is 0 Å². The largest absolute Gasteiger partial charge is 0.323 e. The zero-order chi connectivity index (χ0) is 13.8. The predicted octanol–water partition coefficient (Wildman–Crippen LogP) is 3.02. The third-order valence-corrected chi connectivity index (χ3v) is 3.60. The van der Waals surface area contributed by atoms with Gasteiger partial charge in [-0.15, -0.1) is 0 Å². The number of aryl methyl sites for hydroxylation is 2. The summed E-state index contributed by atoms with van der Waals surface area (Å²) in [6.07, 6.45) is 0. The second-order valence-electron chi connectivity index (χ2n) is 4.41. The van der Waals surface area contributed by atoms with Crippen molar-refractivity contribution in [1.29, 1.82) is 0 Å². The first-order valence-corrected chi connectivity index (χ1v) is 6.99. The Hall–Kier alpha value is -1.46. The molecule has 0 aliphatic rings. The van der Waals surface area contributed by atoms with Crippen molar-refractivity contribution in [3.05, 3.63) is 53.1 Å². The van der Waals surface area contributed by atoms with Crippen LogP contribution in [-0.4, -0.2) is 15.7 Å². The number of nitrogens with zero attached hydrogens (tertiary/aromatic N) is 2. The summed E-state index contributed by atoms with van der Waals surface area (Å²) < 4.78 is 13.1. The maximum atomic E-state index is 13.1. The van der Waals surface area contributed by atoms with E-state index in [1.165, 1.54) is 23.9 Å². The Kier molecular flexibility index (Phi) is 4.50. The van der Waals surface area contributed by atoms with Gasteiger partial charge in [0.15, 0.2) is 5.16 Å². The highest BCUT2D eigenvalue weighted by atomic mass is 32.2. The summed E-state index contributed by atoms with van der Waals surface area (Å²) in [5.74, 6) is 0.354. The lowest BCUT2D eigenvalue weighted by molar-refractivity contribution is 0.622. The van der Waals surface area contributed by atoms with E-state index in [-0.39, 0.29) is 11.9 Å². The van der Waals surface area contributed by atoms with Crippen molar-refractivity contribution in [2.24, 2.45) is 5.73 Å². The van der Waals surface area contributed by atoms with E-state index in [0.29, 0.717) is 10.9 Å². The maximum Gasteiger partial charge on any atom is 0.188 e. The molecule has 0 aliphatic heterocycles. The van der Waals surface area contributed by atoms with Gasteiger partial charge in [0.2, 0.25) is 0 Å². The van der Waals surface area contributed by atoms with Crippen LogP contribution in [0.1, 0.15) is 23.0 Å². The number of aromatic nitrogens is 2. The third kappa shape index (κ3) is 4.01. The summed E-state index contributed by atoms with van der Waals surface area (Å²) in [6.45, 7) is 3.87. The van der Waals surface area contributed by atoms with Crippen LogP contribution in [0, 0.1) is 19.7 Å². The highest BCUT2D eigenvalue weighted by Gasteiger charge is 2.09. The van der Waals surface area contributed by atoms with Crippen LogP contribution in [0.15, 0.2) is 35.5 Å². The second-order valence-corrected chi connectivity index (χ2v) is 5.39. The first-order chi connectivity index (χ1) is 9.04. The van der Waals surface area contributed by atoms with E-state index in [0.717, 1.165) is 17.0 Å². The molecule has 1 aromatic heterocycles. The van der Waals surface area contributed by atoms with Gasteiger partial charge in [0.1, 0.15) is 5.82 Å². The van der Waals surface area contributed by atoms with E-state index in [4.69, 9.17) is 5.73 Å².